The molecular formula is C19H38N2O2. The number of rotatable bonds is 7. The van der Waals surface area contributed by atoms with Crippen molar-refractivity contribution in [2.24, 2.45) is 5.92 Å². The zero-order valence-corrected chi connectivity index (χ0v) is 16.0. The molecule has 1 rings (SSSR count). The fourth-order valence-corrected chi connectivity index (χ4v) is 3.29. The van der Waals surface area contributed by atoms with Crippen molar-refractivity contribution >= 4 is 6.09 Å². The Kier molecular flexibility index (Phi) is 8.96. The number of hydrogen-bond acceptors (Lipinski definition) is 3. The molecule has 0 aromatic rings. The van der Waals surface area contributed by atoms with Crippen molar-refractivity contribution in [3.8, 4) is 0 Å². The third kappa shape index (κ3) is 8.59. The average Bonchev–Trinajstić information content (AvgIpc) is 2.69. The number of ether oxygens (including phenoxy) is 1. The number of nitrogens with one attached hydrogen (secondary N) is 1. The van der Waals surface area contributed by atoms with Crippen LogP contribution in [0.3, 0.4) is 0 Å². The molecule has 0 saturated heterocycles. The zero-order chi connectivity index (χ0) is 17.3. The Morgan fingerprint density at radius 1 is 1.13 bits per heavy atom. The third-order valence-corrected chi connectivity index (χ3v) is 4.63. The molecule has 1 aliphatic rings. The van der Waals surface area contributed by atoms with E-state index in [-0.39, 0.29) is 6.09 Å². The van der Waals surface area contributed by atoms with E-state index in [0.29, 0.717) is 6.04 Å². The van der Waals surface area contributed by atoms with Gasteiger partial charge in [-0.2, -0.15) is 0 Å². The zero-order valence-electron chi connectivity index (χ0n) is 16.0. The Balaban J connectivity index is 2.36. The lowest BCUT2D eigenvalue weighted by Crippen LogP contribution is -2.42. The normalized spacial score (nSPS) is 22.5. The van der Waals surface area contributed by atoms with E-state index in [1.807, 2.05) is 25.7 Å². The maximum absolute atomic E-state index is 12.2. The van der Waals surface area contributed by atoms with Crippen molar-refractivity contribution in [1.29, 1.82) is 0 Å². The van der Waals surface area contributed by atoms with Crippen LogP contribution in [0.1, 0.15) is 79.6 Å². The lowest BCUT2D eigenvalue weighted by molar-refractivity contribution is 0.0250. The standard InChI is InChI=1S/C19H38N2O2/c1-6-14-21(18(22)23-19(3,4)5)15-13-20-17-10-8-9-16(7-2)11-12-17/h16-17,20H,6-15H2,1-5H3. The summed E-state index contributed by atoms with van der Waals surface area (Å²) in [6.45, 7) is 12.5. The van der Waals surface area contributed by atoms with E-state index in [9.17, 15) is 4.79 Å². The van der Waals surface area contributed by atoms with Gasteiger partial charge in [-0.3, -0.25) is 0 Å². The van der Waals surface area contributed by atoms with Crippen molar-refractivity contribution in [1.82, 2.24) is 10.2 Å². The predicted octanol–water partition coefficient (Wildman–Crippen LogP) is 4.58. The van der Waals surface area contributed by atoms with E-state index < -0.39 is 5.60 Å². The van der Waals surface area contributed by atoms with Crippen molar-refractivity contribution < 1.29 is 9.53 Å². The molecule has 2 atom stereocenters. The van der Waals surface area contributed by atoms with E-state index in [4.69, 9.17) is 4.74 Å². The first-order valence-electron chi connectivity index (χ1n) is 9.57. The smallest absolute Gasteiger partial charge is 0.410 e. The summed E-state index contributed by atoms with van der Waals surface area (Å²) in [6, 6.07) is 0.619. The minimum atomic E-state index is -0.424. The highest BCUT2D eigenvalue weighted by Gasteiger charge is 2.22. The van der Waals surface area contributed by atoms with Gasteiger partial charge in [0.2, 0.25) is 0 Å². The monoisotopic (exact) mass is 326 g/mol. The molecule has 0 aromatic carbocycles. The van der Waals surface area contributed by atoms with E-state index >= 15 is 0 Å². The van der Waals surface area contributed by atoms with Crippen molar-refractivity contribution in [2.45, 2.75) is 91.2 Å². The van der Waals surface area contributed by atoms with Gasteiger partial charge in [0.15, 0.2) is 0 Å². The lowest BCUT2D eigenvalue weighted by Gasteiger charge is -2.28. The molecule has 4 nitrogen and oxygen atoms in total. The summed E-state index contributed by atoms with van der Waals surface area (Å²) in [5.74, 6) is 0.917. The van der Waals surface area contributed by atoms with E-state index in [1.54, 1.807) is 0 Å². The first-order chi connectivity index (χ1) is 10.9. The van der Waals surface area contributed by atoms with Crippen LogP contribution in [0.2, 0.25) is 0 Å². The minimum Gasteiger partial charge on any atom is -0.444 e. The summed E-state index contributed by atoms with van der Waals surface area (Å²) in [4.78, 5) is 14.1. The number of carbonyl (C=O) groups is 1. The lowest BCUT2D eigenvalue weighted by atomic mass is 9.98. The molecule has 0 spiro atoms. The Hall–Kier alpha value is -0.770. The molecule has 0 radical (unpaired) electrons. The molecule has 136 valence electrons. The largest absolute Gasteiger partial charge is 0.444 e. The quantitative estimate of drug-likeness (QED) is 0.696. The maximum Gasteiger partial charge on any atom is 0.410 e. The molecule has 23 heavy (non-hydrogen) atoms. The van der Waals surface area contributed by atoms with Gasteiger partial charge >= 0.3 is 6.09 Å². The van der Waals surface area contributed by atoms with Gasteiger partial charge < -0.3 is 15.0 Å². The SMILES string of the molecule is CCCN(CCNC1CCCC(CC)CC1)C(=O)OC(C)(C)C. The molecule has 1 N–H and O–H groups in total. The second-order valence-corrected chi connectivity index (χ2v) is 7.90. The van der Waals surface area contributed by atoms with Gasteiger partial charge in [-0.05, 0) is 52.4 Å². The van der Waals surface area contributed by atoms with Crippen LogP contribution < -0.4 is 5.32 Å². The highest BCUT2D eigenvalue weighted by molar-refractivity contribution is 5.68. The first-order valence-corrected chi connectivity index (χ1v) is 9.57. The summed E-state index contributed by atoms with van der Waals surface area (Å²) >= 11 is 0. The van der Waals surface area contributed by atoms with E-state index in [0.717, 1.165) is 32.0 Å². The molecule has 4 heteroatoms. The van der Waals surface area contributed by atoms with Crippen molar-refractivity contribution in [2.75, 3.05) is 19.6 Å². The van der Waals surface area contributed by atoms with Crippen LogP contribution in [0.25, 0.3) is 0 Å². The summed E-state index contributed by atoms with van der Waals surface area (Å²) in [5, 5.41) is 3.66. The molecule has 1 aliphatic carbocycles. The number of nitrogens with zero attached hydrogens (tertiary/aromatic N) is 1. The highest BCUT2D eigenvalue weighted by Crippen LogP contribution is 2.25. The highest BCUT2D eigenvalue weighted by atomic mass is 16.6. The molecule has 2 unspecified atom stereocenters. The van der Waals surface area contributed by atoms with Crippen LogP contribution >= 0.6 is 0 Å². The molecule has 0 bridgehead atoms. The fourth-order valence-electron chi connectivity index (χ4n) is 3.29. The average molecular weight is 327 g/mol. The molecule has 0 aromatic heterocycles. The topological polar surface area (TPSA) is 41.6 Å². The van der Waals surface area contributed by atoms with Crippen LogP contribution in [0.4, 0.5) is 4.79 Å². The van der Waals surface area contributed by atoms with Crippen molar-refractivity contribution in [3.05, 3.63) is 0 Å². The van der Waals surface area contributed by atoms with Gasteiger partial charge in [-0.15, -0.1) is 0 Å². The Bertz CT molecular complexity index is 339. The summed E-state index contributed by atoms with van der Waals surface area (Å²) in [6.07, 6.45) is 8.70. The fraction of sp³-hybridized carbons (Fsp3) is 0.947. The number of hydrogen-bond donors (Lipinski definition) is 1. The van der Waals surface area contributed by atoms with Gasteiger partial charge in [0.25, 0.3) is 0 Å². The molecule has 1 amide bonds. The van der Waals surface area contributed by atoms with Crippen LogP contribution in [0.15, 0.2) is 0 Å². The van der Waals surface area contributed by atoms with Gasteiger partial charge in [0, 0.05) is 25.7 Å². The Labute approximate surface area is 143 Å². The van der Waals surface area contributed by atoms with Gasteiger partial charge in [0.05, 0.1) is 0 Å². The molecule has 0 heterocycles. The molecule has 1 fully saturated rings. The van der Waals surface area contributed by atoms with E-state index in [1.165, 1.54) is 38.5 Å². The summed E-state index contributed by atoms with van der Waals surface area (Å²) in [7, 11) is 0. The first kappa shape index (κ1) is 20.3. The maximum atomic E-state index is 12.2. The van der Waals surface area contributed by atoms with Crippen LogP contribution in [0, 0.1) is 5.92 Å². The summed E-state index contributed by atoms with van der Waals surface area (Å²) in [5.41, 5.74) is -0.424. The molecular weight excluding hydrogens is 288 g/mol. The second kappa shape index (κ2) is 10.2. The number of carbonyl (C=O) groups excluding carboxylic acids is 1. The van der Waals surface area contributed by atoms with Crippen LogP contribution in [0.5, 0.6) is 0 Å². The summed E-state index contributed by atoms with van der Waals surface area (Å²) < 4.78 is 5.50. The number of amides is 1. The van der Waals surface area contributed by atoms with Gasteiger partial charge in [0.1, 0.15) is 5.60 Å². The Morgan fingerprint density at radius 3 is 2.48 bits per heavy atom. The van der Waals surface area contributed by atoms with Gasteiger partial charge in [-0.25, -0.2) is 4.79 Å². The minimum absolute atomic E-state index is 0.187. The van der Waals surface area contributed by atoms with Crippen LogP contribution in [-0.2, 0) is 4.74 Å². The Morgan fingerprint density at radius 2 is 1.87 bits per heavy atom. The van der Waals surface area contributed by atoms with Gasteiger partial charge in [-0.1, -0.05) is 33.1 Å². The molecule has 0 aliphatic heterocycles. The second-order valence-electron chi connectivity index (χ2n) is 7.90. The van der Waals surface area contributed by atoms with Crippen LogP contribution in [-0.4, -0.2) is 42.3 Å². The molecule has 1 saturated carbocycles. The third-order valence-electron chi connectivity index (χ3n) is 4.63. The van der Waals surface area contributed by atoms with Crippen molar-refractivity contribution in [3.63, 3.8) is 0 Å². The van der Waals surface area contributed by atoms with E-state index in [2.05, 4.69) is 19.2 Å². The predicted molar refractivity (Wildman–Crippen MR) is 96.8 cm³/mol.